The highest BCUT2D eigenvalue weighted by molar-refractivity contribution is 5.27. The quantitative estimate of drug-likeness (QED) is 0.112. The van der Waals surface area contributed by atoms with E-state index >= 15 is 0 Å². The zero-order valence-corrected chi connectivity index (χ0v) is 43.9. The van der Waals surface area contributed by atoms with Crippen LogP contribution in [-0.2, 0) is 48.0 Å². The van der Waals surface area contributed by atoms with Crippen molar-refractivity contribution < 1.29 is 9.47 Å². The molecule has 0 bridgehead atoms. The van der Waals surface area contributed by atoms with E-state index in [9.17, 15) is 0 Å². The van der Waals surface area contributed by atoms with E-state index in [0.717, 1.165) is 70.6 Å². The Morgan fingerprint density at radius 2 is 0.905 bits per heavy atom. The van der Waals surface area contributed by atoms with Gasteiger partial charge in [0.1, 0.15) is 0 Å². The number of allylic oxidation sites excluding steroid dienone is 6. The largest absolute Gasteiger partial charge is 0.379 e. The highest BCUT2D eigenvalue weighted by Gasteiger charge is 2.00. The van der Waals surface area contributed by atoms with Gasteiger partial charge in [-0.2, -0.15) is 0 Å². The predicted octanol–water partition coefficient (Wildman–Crippen LogP) is 13.7. The third-order valence-electron chi connectivity index (χ3n) is 8.83. The molecule has 0 aromatic heterocycles. The molecule has 0 atom stereocenters. The zero-order valence-electron chi connectivity index (χ0n) is 43.9. The molecule has 2 heterocycles. The fraction of sp³-hybridized carbons (Fsp3) is 0.527. The smallest absolute Gasteiger partial charge is 0.0700 e. The lowest BCUT2D eigenvalue weighted by atomic mass is 10.0. The first-order chi connectivity index (χ1) is 30.4. The van der Waals surface area contributed by atoms with Crippen LogP contribution >= 0.6 is 0 Å². The first-order valence-corrected chi connectivity index (χ1v) is 23.7. The molecule has 0 spiro atoms. The van der Waals surface area contributed by atoms with Crippen LogP contribution < -0.4 is 21.9 Å². The van der Waals surface area contributed by atoms with Gasteiger partial charge in [-0.3, -0.25) is 10.0 Å². The van der Waals surface area contributed by atoms with Crippen molar-refractivity contribution in [2.45, 2.75) is 156 Å². The molecule has 8 heteroatoms. The van der Waals surface area contributed by atoms with Crippen LogP contribution in [0, 0.1) is 0 Å². The lowest BCUT2D eigenvalue weighted by molar-refractivity contribution is 0.0584. The molecule has 0 saturated carbocycles. The van der Waals surface area contributed by atoms with Gasteiger partial charge in [-0.1, -0.05) is 159 Å². The summed E-state index contributed by atoms with van der Waals surface area (Å²) in [6, 6.07) is 26.2. The van der Waals surface area contributed by atoms with E-state index in [-0.39, 0.29) is 0 Å². The van der Waals surface area contributed by atoms with Crippen molar-refractivity contribution in [1.82, 2.24) is 31.9 Å². The lowest BCUT2D eigenvalue weighted by Crippen LogP contribution is -2.33. The Bertz CT molecular complexity index is 1430. The first-order valence-electron chi connectivity index (χ1n) is 23.7. The fourth-order valence-corrected chi connectivity index (χ4v) is 4.68. The van der Waals surface area contributed by atoms with E-state index in [1.54, 1.807) is 0 Å². The van der Waals surface area contributed by atoms with Crippen LogP contribution in [0.4, 0.5) is 0 Å². The third kappa shape index (κ3) is 42.7. The van der Waals surface area contributed by atoms with E-state index in [4.69, 9.17) is 9.47 Å². The summed E-state index contributed by atoms with van der Waals surface area (Å²) in [5.74, 6) is 0. The van der Waals surface area contributed by atoms with Crippen LogP contribution in [0.15, 0.2) is 121 Å². The van der Waals surface area contributed by atoms with Crippen molar-refractivity contribution in [2.24, 2.45) is 0 Å². The molecule has 0 saturated heterocycles. The Labute approximate surface area is 390 Å². The van der Waals surface area contributed by atoms with Crippen LogP contribution in [0.2, 0.25) is 0 Å². The third-order valence-corrected chi connectivity index (χ3v) is 8.83. The Balaban J connectivity index is -0.000000318. The van der Waals surface area contributed by atoms with E-state index in [1.807, 2.05) is 116 Å². The Hall–Kier alpha value is -4.34. The van der Waals surface area contributed by atoms with E-state index in [2.05, 4.69) is 150 Å². The number of hydrogen-bond donors (Lipinski definition) is 4. The molecule has 63 heavy (non-hydrogen) atoms. The molecule has 0 amide bonds. The summed E-state index contributed by atoms with van der Waals surface area (Å²) in [6.45, 7) is 36.4. The molecule has 360 valence electrons. The Morgan fingerprint density at radius 1 is 0.508 bits per heavy atom. The molecule has 2 aliphatic heterocycles. The van der Waals surface area contributed by atoms with Crippen LogP contribution in [-0.4, -0.2) is 50.5 Å². The second kappa shape index (κ2) is 50.3. The molecule has 0 unspecified atom stereocenters. The van der Waals surface area contributed by atoms with Gasteiger partial charge in [0.25, 0.3) is 0 Å². The van der Waals surface area contributed by atoms with Gasteiger partial charge >= 0.3 is 0 Å². The van der Waals surface area contributed by atoms with E-state index in [1.165, 1.54) is 45.5 Å². The normalized spacial score (nSPS) is 11.7. The number of ether oxygens (including phenoxy) is 2. The molecule has 2 aliphatic rings. The number of aryl methyl sites for hydroxylation is 6. The standard InChI is InChI=1S/3C10H14.C6H14O2.2C4H9N3.2C4H8.C3H8/c1-3-9-5-7-10(4-2)8-6-9;1-3-9-6-5-7-10(4-2)8-9;1-3-9-7-5-6-8-10(9)4-2;1-3-7-5-6-8-4-2;1-4-3-7(2)6-5-4;1-4-3-5-6-7(4)2;2*1-3-4-2;1-3-2/h3*5-8H,3-4H2,1-2H3;3-6H2,1-2H3;2*3,5-6H,1-2H3;2*3-4H,1-2H3;3H2,1-2H3/b;;;;;;4-3+;4-3-;. The Morgan fingerprint density at radius 3 is 1.11 bits per heavy atom. The van der Waals surface area contributed by atoms with Crippen molar-refractivity contribution in [3.05, 3.63) is 154 Å². The van der Waals surface area contributed by atoms with Gasteiger partial charge in [0.2, 0.25) is 0 Å². The molecule has 3 aromatic carbocycles. The van der Waals surface area contributed by atoms with Crippen LogP contribution in [0.1, 0.15) is 151 Å². The lowest BCUT2D eigenvalue weighted by Gasteiger charge is -2.09. The van der Waals surface area contributed by atoms with Crippen molar-refractivity contribution >= 4 is 0 Å². The second-order valence-corrected chi connectivity index (χ2v) is 14.2. The highest BCUT2D eigenvalue weighted by atomic mass is 16.5. The molecule has 0 fully saturated rings. The maximum atomic E-state index is 5.01. The van der Waals surface area contributed by atoms with Crippen molar-refractivity contribution in [3.63, 3.8) is 0 Å². The number of rotatable bonds is 11. The van der Waals surface area contributed by atoms with Gasteiger partial charge < -0.3 is 20.3 Å². The van der Waals surface area contributed by atoms with Gasteiger partial charge in [0.05, 0.1) is 13.2 Å². The highest BCUT2D eigenvalue weighted by Crippen LogP contribution is 2.09. The first kappa shape index (κ1) is 65.3. The molecule has 3 aromatic rings. The predicted molar refractivity (Wildman–Crippen MR) is 281 cm³/mol. The number of hydrazine groups is 4. The van der Waals surface area contributed by atoms with Gasteiger partial charge in [-0.15, -0.1) is 11.1 Å². The van der Waals surface area contributed by atoms with Crippen molar-refractivity contribution in [3.8, 4) is 0 Å². The molecule has 4 N–H and O–H groups in total. The number of nitrogens with zero attached hydrogens (tertiary/aromatic N) is 2. The summed E-state index contributed by atoms with van der Waals surface area (Å²) < 4.78 is 10.0. The second-order valence-electron chi connectivity index (χ2n) is 14.2. The molecule has 0 radical (unpaired) electrons. The van der Waals surface area contributed by atoms with Crippen molar-refractivity contribution in [1.29, 1.82) is 0 Å². The summed E-state index contributed by atoms with van der Waals surface area (Å²) in [6.07, 6.45) is 20.0. The maximum Gasteiger partial charge on any atom is 0.0700 e. The van der Waals surface area contributed by atoms with Gasteiger partial charge in [-0.05, 0) is 127 Å². The average Bonchev–Trinajstić information content (AvgIpc) is 3.91. The molecular weight excluding hydrogens is 777 g/mol. The van der Waals surface area contributed by atoms with E-state index in [0.29, 0.717) is 0 Å². The molecule has 5 rings (SSSR count). The zero-order chi connectivity index (χ0) is 48.5. The minimum absolute atomic E-state index is 0.727. The van der Waals surface area contributed by atoms with Gasteiger partial charge in [0, 0.05) is 51.1 Å². The van der Waals surface area contributed by atoms with Crippen molar-refractivity contribution in [2.75, 3.05) is 40.5 Å². The topological polar surface area (TPSA) is 73.1 Å². The Kier molecular flexibility index (Phi) is 52.1. The summed E-state index contributed by atoms with van der Waals surface area (Å²) in [4.78, 5) is 0. The minimum Gasteiger partial charge on any atom is -0.379 e. The van der Waals surface area contributed by atoms with Gasteiger partial charge in [-0.25, -0.2) is 0 Å². The van der Waals surface area contributed by atoms with Gasteiger partial charge in [0.15, 0.2) is 0 Å². The number of benzene rings is 3. The average molecular weight is 875 g/mol. The summed E-state index contributed by atoms with van der Waals surface area (Å²) in [7, 11) is 3.88. The monoisotopic (exact) mass is 875 g/mol. The SMILES string of the molecule is C/C=C/C.C/C=C\C.CC1=CN(C)NN1.CC1=CNNN1C.CCC.CCOCCOCC.CCc1ccc(CC)cc1.CCc1cccc(CC)c1.CCc1ccccc1CC. The maximum absolute atomic E-state index is 5.01. The van der Waals surface area contributed by atoms with Crippen LogP contribution in [0.25, 0.3) is 0 Å². The minimum atomic E-state index is 0.727. The number of hydrogen-bond acceptors (Lipinski definition) is 8. The van der Waals surface area contributed by atoms with E-state index < -0.39 is 0 Å². The number of nitrogens with one attached hydrogen (secondary N) is 4. The molecule has 8 nitrogen and oxygen atoms in total. The molecular formula is C55H98N6O2. The summed E-state index contributed by atoms with van der Waals surface area (Å²) in [5, 5.41) is 3.76. The molecule has 0 aliphatic carbocycles. The fourth-order valence-electron chi connectivity index (χ4n) is 4.68. The van der Waals surface area contributed by atoms with Crippen LogP contribution in [0.5, 0.6) is 0 Å². The van der Waals surface area contributed by atoms with Crippen LogP contribution in [0.3, 0.4) is 0 Å². The summed E-state index contributed by atoms with van der Waals surface area (Å²) in [5.41, 5.74) is 22.5. The summed E-state index contributed by atoms with van der Waals surface area (Å²) >= 11 is 0.